The maximum Gasteiger partial charge on any atom is 0.326 e. The molecule has 14 heteroatoms. The molecule has 0 aromatic rings. The number of hydrogen-bond acceptors (Lipinski definition) is 8. The van der Waals surface area contributed by atoms with Gasteiger partial charge in [-0.3, -0.25) is 24.0 Å². The second-order valence-electron chi connectivity index (χ2n) is 6.23. The minimum Gasteiger partial charge on any atom is -0.481 e. The fourth-order valence-corrected chi connectivity index (χ4v) is 2.61. The Bertz CT molecular complexity index is 660. The van der Waals surface area contributed by atoms with Gasteiger partial charge in [0.2, 0.25) is 23.6 Å². The molecule has 0 aromatic heterocycles. The monoisotopic (exact) mass is 449 g/mol. The summed E-state index contributed by atoms with van der Waals surface area (Å²) in [6.45, 7) is -0.510. The van der Waals surface area contributed by atoms with Crippen molar-refractivity contribution in [2.45, 2.75) is 43.8 Å². The van der Waals surface area contributed by atoms with Crippen LogP contribution in [0.3, 0.4) is 0 Å². The minimum atomic E-state index is -1.74. The van der Waals surface area contributed by atoms with E-state index >= 15 is 0 Å². The number of rotatable bonds is 15. The zero-order chi connectivity index (χ0) is 23.3. The first-order valence-electron chi connectivity index (χ1n) is 8.82. The van der Waals surface area contributed by atoms with Gasteiger partial charge < -0.3 is 37.6 Å². The third-order valence-corrected chi connectivity index (χ3v) is 4.36. The van der Waals surface area contributed by atoms with Gasteiger partial charge in [-0.1, -0.05) is 0 Å². The van der Waals surface area contributed by atoms with Gasteiger partial charge in [-0.05, 0) is 24.9 Å². The number of thioether (sulfide) groups is 1. The van der Waals surface area contributed by atoms with E-state index in [0.29, 0.717) is 12.2 Å². The number of aliphatic carboxylic acids is 2. The van der Waals surface area contributed by atoms with Crippen LogP contribution in [0.15, 0.2) is 0 Å². The SMILES string of the molecule is CSCCC(N)C(=O)NCC(=O)NC(CCC(N)=O)C(=O)NC(CC(=O)O)C(=O)O. The molecule has 0 saturated carbocycles. The van der Waals surface area contributed by atoms with E-state index in [1.807, 2.05) is 11.6 Å². The quantitative estimate of drug-likeness (QED) is 0.134. The van der Waals surface area contributed by atoms with Crippen molar-refractivity contribution in [3.63, 3.8) is 0 Å². The van der Waals surface area contributed by atoms with Crippen molar-refractivity contribution in [2.75, 3.05) is 18.6 Å². The summed E-state index contributed by atoms with van der Waals surface area (Å²) in [5, 5.41) is 24.3. The van der Waals surface area contributed by atoms with Gasteiger partial charge >= 0.3 is 11.9 Å². The van der Waals surface area contributed by atoms with Gasteiger partial charge in [-0.25, -0.2) is 4.79 Å². The van der Waals surface area contributed by atoms with Crippen LogP contribution in [0, 0.1) is 0 Å². The van der Waals surface area contributed by atoms with Gasteiger partial charge in [-0.15, -0.1) is 0 Å². The molecule has 0 saturated heterocycles. The number of carboxylic acid groups (broad SMARTS) is 2. The van der Waals surface area contributed by atoms with E-state index in [-0.39, 0.29) is 12.8 Å². The largest absolute Gasteiger partial charge is 0.481 e. The van der Waals surface area contributed by atoms with Crippen LogP contribution >= 0.6 is 11.8 Å². The molecule has 170 valence electrons. The molecule has 0 rings (SSSR count). The van der Waals surface area contributed by atoms with Crippen molar-refractivity contribution in [3.05, 3.63) is 0 Å². The summed E-state index contributed by atoms with van der Waals surface area (Å²) in [6, 6.07) is -3.92. The molecule has 3 unspecified atom stereocenters. The molecule has 30 heavy (non-hydrogen) atoms. The first-order valence-corrected chi connectivity index (χ1v) is 10.2. The lowest BCUT2D eigenvalue weighted by atomic mass is 10.1. The summed E-state index contributed by atoms with van der Waals surface area (Å²) in [6.07, 6.45) is 0.801. The van der Waals surface area contributed by atoms with E-state index in [0.717, 1.165) is 0 Å². The average molecular weight is 449 g/mol. The van der Waals surface area contributed by atoms with Crippen LogP contribution in [-0.2, 0) is 28.8 Å². The molecule has 13 nitrogen and oxygen atoms in total. The van der Waals surface area contributed by atoms with E-state index in [4.69, 9.17) is 21.7 Å². The van der Waals surface area contributed by atoms with Crippen molar-refractivity contribution >= 4 is 47.3 Å². The van der Waals surface area contributed by atoms with E-state index in [9.17, 15) is 28.8 Å². The van der Waals surface area contributed by atoms with E-state index < -0.39 is 66.7 Å². The topological polar surface area (TPSA) is 231 Å². The van der Waals surface area contributed by atoms with Gasteiger partial charge in [-0.2, -0.15) is 11.8 Å². The fourth-order valence-electron chi connectivity index (χ4n) is 2.12. The number of carboxylic acids is 2. The van der Waals surface area contributed by atoms with Crippen LogP contribution in [0.2, 0.25) is 0 Å². The molecule has 0 aliphatic heterocycles. The van der Waals surface area contributed by atoms with Crippen molar-refractivity contribution in [2.24, 2.45) is 11.5 Å². The lowest BCUT2D eigenvalue weighted by molar-refractivity contribution is -0.147. The number of carbonyl (C=O) groups is 6. The van der Waals surface area contributed by atoms with Crippen LogP contribution in [0.5, 0.6) is 0 Å². The highest BCUT2D eigenvalue weighted by Gasteiger charge is 2.28. The van der Waals surface area contributed by atoms with Gasteiger partial charge in [0.1, 0.15) is 12.1 Å². The van der Waals surface area contributed by atoms with Crippen molar-refractivity contribution in [1.82, 2.24) is 16.0 Å². The third kappa shape index (κ3) is 11.9. The molecular formula is C16H27N5O8S. The Morgan fingerprint density at radius 3 is 2.10 bits per heavy atom. The number of nitrogens with two attached hydrogens (primary N) is 2. The Kier molecular flexibility index (Phi) is 12.8. The molecule has 0 aliphatic rings. The second-order valence-corrected chi connectivity index (χ2v) is 7.21. The minimum absolute atomic E-state index is 0.256. The van der Waals surface area contributed by atoms with E-state index in [1.54, 1.807) is 0 Å². The average Bonchev–Trinajstić information content (AvgIpc) is 2.65. The zero-order valence-electron chi connectivity index (χ0n) is 16.4. The summed E-state index contributed by atoms with van der Waals surface area (Å²) in [5.41, 5.74) is 10.7. The van der Waals surface area contributed by atoms with Crippen LogP contribution in [0.25, 0.3) is 0 Å². The summed E-state index contributed by atoms with van der Waals surface area (Å²) in [4.78, 5) is 69.0. The number of hydrogen-bond donors (Lipinski definition) is 7. The first kappa shape index (κ1) is 27.1. The smallest absolute Gasteiger partial charge is 0.326 e. The Balaban J connectivity index is 4.94. The molecule has 0 fully saturated rings. The van der Waals surface area contributed by atoms with Crippen molar-refractivity contribution < 1.29 is 39.0 Å². The second kappa shape index (κ2) is 14.2. The van der Waals surface area contributed by atoms with Gasteiger partial charge in [0.15, 0.2) is 0 Å². The number of amides is 4. The Morgan fingerprint density at radius 1 is 0.967 bits per heavy atom. The first-order chi connectivity index (χ1) is 14.0. The Hall–Kier alpha value is -2.87. The van der Waals surface area contributed by atoms with Crippen molar-refractivity contribution in [3.8, 4) is 0 Å². The third-order valence-electron chi connectivity index (χ3n) is 3.72. The molecule has 4 amide bonds. The van der Waals surface area contributed by atoms with Crippen molar-refractivity contribution in [1.29, 1.82) is 0 Å². The molecular weight excluding hydrogens is 422 g/mol. The molecule has 0 aliphatic carbocycles. The highest BCUT2D eigenvalue weighted by atomic mass is 32.2. The summed E-state index contributed by atoms with van der Waals surface area (Å²) >= 11 is 1.50. The highest BCUT2D eigenvalue weighted by molar-refractivity contribution is 7.98. The number of nitrogens with one attached hydrogen (secondary N) is 3. The molecule has 0 aromatic carbocycles. The van der Waals surface area contributed by atoms with Gasteiger partial charge in [0.05, 0.1) is 19.0 Å². The predicted octanol–water partition coefficient (Wildman–Crippen LogP) is -3.02. The lowest BCUT2D eigenvalue weighted by Gasteiger charge is -2.21. The van der Waals surface area contributed by atoms with Gasteiger partial charge in [0, 0.05) is 6.42 Å². The Morgan fingerprint density at radius 2 is 1.60 bits per heavy atom. The molecule has 0 heterocycles. The number of primary amides is 1. The maximum atomic E-state index is 12.3. The molecule has 0 bridgehead atoms. The summed E-state index contributed by atoms with van der Waals surface area (Å²) < 4.78 is 0. The van der Waals surface area contributed by atoms with Gasteiger partial charge in [0.25, 0.3) is 0 Å². The molecule has 0 spiro atoms. The fraction of sp³-hybridized carbons (Fsp3) is 0.625. The summed E-state index contributed by atoms with van der Waals surface area (Å²) in [7, 11) is 0. The maximum absolute atomic E-state index is 12.3. The lowest BCUT2D eigenvalue weighted by Crippen LogP contribution is -2.54. The number of carbonyl (C=O) groups excluding carboxylic acids is 4. The van der Waals surface area contributed by atoms with E-state index in [2.05, 4.69) is 10.6 Å². The molecule has 3 atom stereocenters. The predicted molar refractivity (Wildman–Crippen MR) is 106 cm³/mol. The highest BCUT2D eigenvalue weighted by Crippen LogP contribution is 2.01. The van der Waals surface area contributed by atoms with Crippen LogP contribution < -0.4 is 27.4 Å². The Labute approximate surface area is 176 Å². The normalized spacial score (nSPS) is 13.4. The van der Waals surface area contributed by atoms with Crippen LogP contribution in [-0.4, -0.2) is 82.5 Å². The summed E-state index contributed by atoms with van der Waals surface area (Å²) in [5.74, 6) is -5.54. The van der Waals surface area contributed by atoms with Crippen LogP contribution in [0.4, 0.5) is 0 Å². The van der Waals surface area contributed by atoms with Crippen LogP contribution in [0.1, 0.15) is 25.7 Å². The molecule has 9 N–H and O–H groups in total. The van der Waals surface area contributed by atoms with E-state index in [1.165, 1.54) is 11.8 Å². The molecule has 0 radical (unpaired) electrons. The standard InChI is InChI=1S/C16H27N5O8S/c1-30-5-4-8(17)14(26)19-7-12(23)20-9(2-3-11(18)22)15(27)21-10(16(28)29)6-13(24)25/h8-10H,2-7,17H2,1H3,(H2,18,22)(H,19,26)(H,20,23)(H,21,27)(H,24,25)(H,28,29). The zero-order valence-corrected chi connectivity index (χ0v) is 17.2.